The SMILES string of the molecule is Fc1c(F)c([Si]c2c(F)c(F)c(F)c3c(F)c(F)c(F)c(F)c23)c(F)c(F)c1[Si]c1c(F)c(F)c(F)c2c(F)c(F)c(F)c(F)c12. The summed E-state index contributed by atoms with van der Waals surface area (Å²) in [7, 11) is -4.91. The molecule has 20 heteroatoms. The quantitative estimate of drug-likeness (QED) is 0.0958. The fraction of sp³-hybridized carbons (Fsp3) is 0. The van der Waals surface area contributed by atoms with E-state index in [-0.39, 0.29) is 0 Å². The van der Waals surface area contributed by atoms with Gasteiger partial charge in [0.2, 0.25) is 0 Å². The fourth-order valence-corrected chi connectivity index (χ4v) is 6.87. The Balaban J connectivity index is 1.77. The van der Waals surface area contributed by atoms with Crippen molar-refractivity contribution in [2.75, 3.05) is 0 Å². The zero-order valence-electron chi connectivity index (χ0n) is 20.8. The summed E-state index contributed by atoms with van der Waals surface area (Å²) >= 11 is 0. The van der Waals surface area contributed by atoms with Crippen molar-refractivity contribution < 1.29 is 79.0 Å². The second-order valence-electron chi connectivity index (χ2n) is 8.90. The molecule has 46 heavy (non-hydrogen) atoms. The number of benzene rings is 5. The van der Waals surface area contributed by atoms with E-state index in [1.54, 1.807) is 0 Å². The van der Waals surface area contributed by atoms with Crippen LogP contribution in [0.2, 0.25) is 0 Å². The third kappa shape index (κ3) is 4.47. The lowest BCUT2D eigenvalue weighted by Crippen LogP contribution is -2.44. The molecule has 238 valence electrons. The highest BCUT2D eigenvalue weighted by Gasteiger charge is 2.36. The summed E-state index contributed by atoms with van der Waals surface area (Å²) in [5.41, 5.74) is 0. The Hall–Kier alpha value is -4.21. The van der Waals surface area contributed by atoms with Gasteiger partial charge in [0.1, 0.15) is 19.0 Å². The first kappa shape index (κ1) is 33.2. The summed E-state index contributed by atoms with van der Waals surface area (Å²) in [6.07, 6.45) is 0. The van der Waals surface area contributed by atoms with Crippen LogP contribution in [0.4, 0.5) is 79.0 Å². The highest BCUT2D eigenvalue weighted by molar-refractivity contribution is 6.72. The van der Waals surface area contributed by atoms with Gasteiger partial charge in [-0.25, -0.2) is 79.0 Å². The topological polar surface area (TPSA) is 0 Å². The van der Waals surface area contributed by atoms with Gasteiger partial charge in [-0.3, -0.25) is 0 Å². The van der Waals surface area contributed by atoms with Crippen LogP contribution in [-0.4, -0.2) is 19.0 Å². The first-order chi connectivity index (χ1) is 21.4. The number of rotatable bonds is 4. The monoisotopic (exact) mass is 710 g/mol. The third-order valence-electron chi connectivity index (χ3n) is 6.45. The maximum atomic E-state index is 15.1. The van der Waals surface area contributed by atoms with E-state index < -0.39 is 166 Å². The molecule has 0 saturated heterocycles. The molecule has 0 atom stereocenters. The summed E-state index contributed by atoms with van der Waals surface area (Å²) in [5, 5.41) is -16.1. The molecule has 0 nitrogen and oxygen atoms in total. The first-order valence-corrected chi connectivity index (χ1v) is 13.4. The van der Waals surface area contributed by atoms with Crippen molar-refractivity contribution in [1.82, 2.24) is 0 Å². The van der Waals surface area contributed by atoms with Gasteiger partial charge in [0.15, 0.2) is 105 Å². The van der Waals surface area contributed by atoms with Crippen LogP contribution in [0.15, 0.2) is 0 Å². The molecule has 5 aromatic carbocycles. The Kier molecular flexibility index (Phi) is 8.11. The lowest BCUT2D eigenvalue weighted by molar-refractivity contribution is 0.411. The Labute approximate surface area is 245 Å². The number of hydrogen-bond donors (Lipinski definition) is 0. The van der Waals surface area contributed by atoms with Crippen molar-refractivity contribution in [2.45, 2.75) is 0 Å². The normalized spacial score (nSPS) is 11.9. The fourth-order valence-electron chi connectivity index (χ4n) is 4.33. The van der Waals surface area contributed by atoms with E-state index in [1.807, 2.05) is 0 Å². The highest BCUT2D eigenvalue weighted by Crippen LogP contribution is 2.32. The molecule has 0 aliphatic carbocycles. The van der Waals surface area contributed by atoms with E-state index in [0.29, 0.717) is 0 Å². The molecule has 0 aliphatic rings. The molecule has 5 aromatic rings. The largest absolute Gasteiger partial charge is 0.204 e. The average Bonchev–Trinajstić information content (AvgIpc) is 3.02. The van der Waals surface area contributed by atoms with E-state index in [0.717, 1.165) is 0 Å². The van der Waals surface area contributed by atoms with Crippen molar-refractivity contribution in [1.29, 1.82) is 0 Å². The summed E-state index contributed by atoms with van der Waals surface area (Å²) in [5.74, 6) is -48.1. The zero-order valence-corrected chi connectivity index (χ0v) is 22.8. The van der Waals surface area contributed by atoms with Crippen LogP contribution in [0.25, 0.3) is 21.5 Å². The lowest BCUT2D eigenvalue weighted by Gasteiger charge is -2.16. The third-order valence-corrected chi connectivity index (χ3v) is 9.26. The second-order valence-corrected chi connectivity index (χ2v) is 11.4. The predicted octanol–water partition coefficient (Wildman–Crippen LogP) is 5.81. The molecular formula is C26F18Si2. The zero-order chi connectivity index (χ0) is 34.4. The van der Waals surface area contributed by atoms with E-state index in [1.165, 1.54) is 0 Å². The molecule has 0 N–H and O–H groups in total. The molecule has 0 aliphatic heterocycles. The molecule has 5 rings (SSSR count). The summed E-state index contributed by atoms with van der Waals surface area (Å²) in [6.45, 7) is 0. The van der Waals surface area contributed by atoms with E-state index in [2.05, 4.69) is 0 Å². The van der Waals surface area contributed by atoms with E-state index >= 15 is 17.6 Å². The van der Waals surface area contributed by atoms with Crippen LogP contribution >= 0.6 is 0 Å². The Morgan fingerprint density at radius 3 is 0.587 bits per heavy atom. The van der Waals surface area contributed by atoms with Crippen molar-refractivity contribution >= 4 is 61.3 Å². The van der Waals surface area contributed by atoms with Crippen LogP contribution in [-0.2, 0) is 0 Å². The van der Waals surface area contributed by atoms with Crippen molar-refractivity contribution in [3.63, 3.8) is 0 Å². The summed E-state index contributed by atoms with van der Waals surface area (Å²) in [4.78, 5) is 0. The van der Waals surface area contributed by atoms with Gasteiger partial charge in [-0.1, -0.05) is 0 Å². The van der Waals surface area contributed by atoms with Crippen LogP contribution in [0, 0.1) is 105 Å². The number of fused-ring (bicyclic) bond motifs is 2. The van der Waals surface area contributed by atoms with E-state index in [4.69, 9.17) is 0 Å². The summed E-state index contributed by atoms with van der Waals surface area (Å²) < 4.78 is 259. The molecule has 0 aromatic heterocycles. The second kappa shape index (κ2) is 11.2. The van der Waals surface area contributed by atoms with Gasteiger partial charge in [0.05, 0.1) is 10.8 Å². The van der Waals surface area contributed by atoms with Crippen molar-refractivity contribution in [2.24, 2.45) is 0 Å². The van der Waals surface area contributed by atoms with Gasteiger partial charge >= 0.3 is 0 Å². The minimum atomic E-state index is -2.75. The van der Waals surface area contributed by atoms with Crippen LogP contribution in [0.5, 0.6) is 0 Å². The maximum absolute atomic E-state index is 15.1. The molecule has 0 spiro atoms. The van der Waals surface area contributed by atoms with Crippen molar-refractivity contribution in [3.8, 4) is 0 Å². The van der Waals surface area contributed by atoms with Gasteiger partial charge in [0.25, 0.3) is 0 Å². The standard InChI is InChI=1S/C26F18Si2/c27-5-1-3(9(31)13(35)11(5)33)23(17(39)15(37)7(1)29)45-25-19(41)21(43)26(22(44)20(25)42)46-24-4-2(8(30)16(38)18(24)40)6(28)12(34)14(36)10(4)32. The van der Waals surface area contributed by atoms with Crippen LogP contribution < -0.4 is 20.7 Å². The van der Waals surface area contributed by atoms with Crippen molar-refractivity contribution in [3.05, 3.63) is 105 Å². The Morgan fingerprint density at radius 1 is 0.174 bits per heavy atom. The molecule has 0 fully saturated rings. The minimum Gasteiger partial charge on any atom is -0.204 e. The van der Waals surface area contributed by atoms with Crippen LogP contribution in [0.3, 0.4) is 0 Å². The molecule has 4 radical (unpaired) electrons. The van der Waals surface area contributed by atoms with Gasteiger partial charge in [-0.2, -0.15) is 0 Å². The molecule has 0 amide bonds. The van der Waals surface area contributed by atoms with E-state index in [9.17, 15) is 61.5 Å². The Bertz CT molecular complexity index is 2000. The molecule has 0 saturated carbocycles. The molecule has 0 bridgehead atoms. The maximum Gasteiger partial charge on any atom is 0.198 e. The van der Waals surface area contributed by atoms with Crippen LogP contribution in [0.1, 0.15) is 0 Å². The lowest BCUT2D eigenvalue weighted by atomic mass is 10.1. The van der Waals surface area contributed by atoms with Gasteiger partial charge in [-0.15, -0.1) is 0 Å². The van der Waals surface area contributed by atoms with Gasteiger partial charge < -0.3 is 0 Å². The minimum absolute atomic E-state index is 1.89. The Morgan fingerprint density at radius 2 is 0.348 bits per heavy atom. The number of halogens is 18. The first-order valence-electron chi connectivity index (χ1n) is 11.4. The smallest absolute Gasteiger partial charge is 0.198 e. The van der Waals surface area contributed by atoms with Gasteiger partial charge in [-0.05, 0) is 10.4 Å². The highest BCUT2D eigenvalue weighted by atomic mass is 28.2. The average molecular weight is 710 g/mol. The molecule has 0 unspecified atom stereocenters. The molecule has 0 heterocycles. The van der Waals surface area contributed by atoms with Gasteiger partial charge in [0, 0.05) is 21.1 Å². The predicted molar refractivity (Wildman–Crippen MR) is 124 cm³/mol. The number of hydrogen-bond acceptors (Lipinski definition) is 0. The molecular weight excluding hydrogens is 710 g/mol. The summed E-state index contributed by atoms with van der Waals surface area (Å²) in [6, 6.07) is 0.